The van der Waals surface area contributed by atoms with Gasteiger partial charge in [0.05, 0.1) is 0 Å². The molecule has 0 unspecified atom stereocenters. The molecule has 0 bridgehead atoms. The molecule has 0 fully saturated rings. The number of halogens is 4. The van der Waals surface area contributed by atoms with Gasteiger partial charge in [-0.3, -0.25) is 9.59 Å². The molecule has 0 saturated heterocycles. The Morgan fingerprint density at radius 1 is 0.710 bits per heavy atom. The Bertz CT molecular complexity index is 809. The monoisotopic (exact) mass is 472 g/mol. The van der Waals surface area contributed by atoms with Crippen LogP contribution in [0, 0.1) is 35.4 Å². The van der Waals surface area contributed by atoms with Gasteiger partial charge in [-0.2, -0.15) is 0 Å². The molecule has 166 valence electrons. The minimum absolute atomic E-state index is 0. The Hall–Kier alpha value is -2.19. The van der Waals surface area contributed by atoms with Gasteiger partial charge in [-0.1, -0.05) is 13.8 Å². The van der Waals surface area contributed by atoms with Gasteiger partial charge in [-0.25, -0.2) is 17.6 Å². The van der Waals surface area contributed by atoms with E-state index < -0.39 is 23.3 Å². The molecule has 0 aliphatic heterocycles. The topological polar surface area (TPSA) is 40.6 Å². The molecule has 0 heterocycles. The van der Waals surface area contributed by atoms with Crippen molar-refractivity contribution in [2.24, 2.45) is 0 Å². The van der Waals surface area contributed by atoms with Crippen LogP contribution in [-0.2, 0) is 31.3 Å². The van der Waals surface area contributed by atoms with Crippen molar-refractivity contribution in [3.8, 4) is 0 Å². The van der Waals surface area contributed by atoms with Crippen molar-refractivity contribution in [2.75, 3.05) is 22.9 Å². The molecule has 2 aromatic rings. The van der Waals surface area contributed by atoms with E-state index in [2.05, 4.69) is 0 Å². The summed E-state index contributed by atoms with van der Waals surface area (Å²) in [6, 6.07) is 8.48. The molecule has 2 rings (SSSR count). The van der Waals surface area contributed by atoms with Crippen LogP contribution in [0.2, 0.25) is 0 Å². The van der Waals surface area contributed by atoms with Gasteiger partial charge in [0.1, 0.15) is 0 Å². The van der Waals surface area contributed by atoms with E-state index in [0.717, 1.165) is 12.1 Å². The minimum atomic E-state index is -0.835. The number of anilines is 2. The summed E-state index contributed by atoms with van der Waals surface area (Å²) in [6.07, 6.45) is 0.565. The molecule has 0 aliphatic rings. The second kappa shape index (κ2) is 14.0. The van der Waals surface area contributed by atoms with Crippen LogP contribution in [0.4, 0.5) is 28.9 Å². The fraction of sp³-hybridized carbons (Fsp3) is 0.364. The molecular formula is C22H24F4N2O2Ti. The summed E-state index contributed by atoms with van der Waals surface area (Å²) in [5.74, 6) is -3.60. The molecule has 4 nitrogen and oxygen atoms in total. The summed E-state index contributed by atoms with van der Waals surface area (Å²) >= 11 is 0. The summed E-state index contributed by atoms with van der Waals surface area (Å²) in [4.78, 5) is 25.4. The number of hydrogen-bond donors (Lipinski definition) is 0. The Kier molecular flexibility index (Phi) is 13.0. The first-order chi connectivity index (χ1) is 14.2. The number of benzene rings is 2. The standard InChI is InChI=1S/2C11H12F2NO.Ti/c2*1-3-11(15)14(4-2)10-6-5-8(12)7-9(10)13;/h2*5-6H,3-4H2,1-2H3;/q2*-1;+2. The van der Waals surface area contributed by atoms with Gasteiger partial charge in [0.2, 0.25) is 11.8 Å². The molecule has 0 saturated carbocycles. The molecule has 2 amide bonds. The van der Waals surface area contributed by atoms with Gasteiger partial charge < -0.3 is 9.80 Å². The van der Waals surface area contributed by atoms with Crippen LogP contribution in [0.5, 0.6) is 0 Å². The first-order valence-corrected chi connectivity index (χ1v) is 9.55. The largest absolute Gasteiger partial charge is 2.00 e. The third-order valence-corrected chi connectivity index (χ3v) is 4.10. The summed E-state index contributed by atoms with van der Waals surface area (Å²) < 4.78 is 51.8. The van der Waals surface area contributed by atoms with Crippen LogP contribution in [-0.4, -0.2) is 24.9 Å². The van der Waals surface area contributed by atoms with E-state index in [1.807, 2.05) is 12.1 Å². The first-order valence-electron chi connectivity index (χ1n) is 9.55. The molecule has 0 N–H and O–H groups in total. The quantitative estimate of drug-likeness (QED) is 0.335. The maximum Gasteiger partial charge on any atom is 2.00 e. The van der Waals surface area contributed by atoms with Gasteiger partial charge in [0.25, 0.3) is 0 Å². The minimum Gasteiger partial charge on any atom is -0.364 e. The average molecular weight is 472 g/mol. The van der Waals surface area contributed by atoms with E-state index in [0.29, 0.717) is 13.1 Å². The van der Waals surface area contributed by atoms with Crippen LogP contribution in [0.1, 0.15) is 40.5 Å². The summed E-state index contributed by atoms with van der Waals surface area (Å²) in [5.41, 5.74) is 0.150. The predicted molar refractivity (Wildman–Crippen MR) is 107 cm³/mol. The molecule has 31 heavy (non-hydrogen) atoms. The van der Waals surface area contributed by atoms with E-state index in [1.165, 1.54) is 21.9 Å². The molecule has 0 aromatic heterocycles. The molecule has 0 spiro atoms. The Morgan fingerprint density at radius 3 is 1.26 bits per heavy atom. The van der Waals surface area contributed by atoms with Gasteiger partial charge >= 0.3 is 21.7 Å². The van der Waals surface area contributed by atoms with E-state index in [9.17, 15) is 27.2 Å². The number of carbonyl (C=O) groups is 2. The van der Waals surface area contributed by atoms with Crippen LogP contribution >= 0.6 is 0 Å². The van der Waals surface area contributed by atoms with Crippen molar-refractivity contribution in [1.82, 2.24) is 0 Å². The fourth-order valence-electron chi connectivity index (χ4n) is 2.63. The van der Waals surface area contributed by atoms with Gasteiger partial charge in [0, 0.05) is 49.2 Å². The Labute approximate surface area is 195 Å². The van der Waals surface area contributed by atoms with Crippen molar-refractivity contribution in [3.05, 3.63) is 59.7 Å². The normalized spacial score (nSPS) is 9.81. The van der Waals surface area contributed by atoms with Gasteiger partial charge in [0.15, 0.2) is 0 Å². The second-order valence-electron chi connectivity index (χ2n) is 5.99. The van der Waals surface area contributed by atoms with Crippen LogP contribution < -0.4 is 9.80 Å². The number of amides is 2. The summed E-state index contributed by atoms with van der Waals surface area (Å²) in [5, 5.41) is 0. The Morgan fingerprint density at radius 2 is 1.03 bits per heavy atom. The zero-order valence-corrected chi connectivity index (χ0v) is 19.4. The number of rotatable bonds is 6. The average Bonchev–Trinajstić information content (AvgIpc) is 2.72. The molecule has 0 aliphatic carbocycles. The zero-order chi connectivity index (χ0) is 22.8. The van der Waals surface area contributed by atoms with E-state index >= 15 is 0 Å². The zero-order valence-electron chi connectivity index (χ0n) is 17.9. The second-order valence-corrected chi connectivity index (χ2v) is 5.99. The molecule has 0 radical (unpaired) electrons. The number of carbonyl (C=O) groups excluding carboxylic acids is 2. The van der Waals surface area contributed by atoms with E-state index in [1.54, 1.807) is 27.7 Å². The molecule has 0 atom stereocenters. The fourth-order valence-corrected chi connectivity index (χ4v) is 2.63. The smallest absolute Gasteiger partial charge is 0.364 e. The predicted octanol–water partition coefficient (Wildman–Crippen LogP) is 5.05. The number of hydrogen-bond acceptors (Lipinski definition) is 2. The maximum atomic E-state index is 13.3. The summed E-state index contributed by atoms with van der Waals surface area (Å²) in [6.45, 7) is 7.55. The van der Waals surface area contributed by atoms with Crippen molar-refractivity contribution in [1.29, 1.82) is 0 Å². The van der Waals surface area contributed by atoms with E-state index in [4.69, 9.17) is 0 Å². The van der Waals surface area contributed by atoms with Gasteiger partial charge in [-0.15, -0.1) is 36.4 Å². The molecular weight excluding hydrogens is 448 g/mol. The van der Waals surface area contributed by atoms with Crippen molar-refractivity contribution < 1.29 is 48.9 Å². The molecule has 2 aromatic carbocycles. The van der Waals surface area contributed by atoms with Crippen molar-refractivity contribution in [3.63, 3.8) is 0 Å². The Balaban J connectivity index is 0.000000562. The van der Waals surface area contributed by atoms with Crippen molar-refractivity contribution in [2.45, 2.75) is 40.5 Å². The van der Waals surface area contributed by atoms with Crippen LogP contribution in [0.25, 0.3) is 0 Å². The van der Waals surface area contributed by atoms with Crippen LogP contribution in [0.3, 0.4) is 0 Å². The van der Waals surface area contributed by atoms with Crippen LogP contribution in [0.15, 0.2) is 24.3 Å². The maximum absolute atomic E-state index is 13.3. The van der Waals surface area contributed by atoms with E-state index in [-0.39, 0.29) is 57.7 Å². The third-order valence-electron chi connectivity index (χ3n) is 4.10. The SMILES string of the molecule is CCC(=O)N(CC)c1ccc(F)[c-]c1F.CCC(=O)N(CC)c1ccc(F)[c-]c1F.[Ti+2]. The van der Waals surface area contributed by atoms with Gasteiger partial charge in [-0.05, 0) is 25.2 Å². The van der Waals surface area contributed by atoms with Crippen molar-refractivity contribution >= 4 is 23.2 Å². The first kappa shape index (κ1) is 28.8. The number of nitrogens with zero attached hydrogens (tertiary/aromatic N) is 2. The third kappa shape index (κ3) is 8.11. The molecule has 9 heteroatoms. The summed E-state index contributed by atoms with van der Waals surface area (Å²) in [7, 11) is 0.